The van der Waals surface area contributed by atoms with Gasteiger partial charge < -0.3 is 4.90 Å². The van der Waals surface area contributed by atoms with Gasteiger partial charge in [-0.1, -0.05) is 18.2 Å². The van der Waals surface area contributed by atoms with E-state index >= 15 is 0 Å². The van der Waals surface area contributed by atoms with E-state index in [4.69, 9.17) is 0 Å². The molecule has 1 amide bonds. The number of hydrogen-bond acceptors (Lipinski definition) is 3. The Morgan fingerprint density at radius 1 is 1.25 bits per heavy atom. The number of nitrogens with zero attached hydrogens (tertiary/aromatic N) is 1. The average molecular weight is 295 g/mol. The predicted octanol–water partition coefficient (Wildman–Crippen LogP) is 2.25. The lowest BCUT2D eigenvalue weighted by molar-refractivity contribution is -0.133. The van der Waals surface area contributed by atoms with Crippen molar-refractivity contribution in [2.45, 2.75) is 43.5 Å². The maximum absolute atomic E-state index is 12.1. The molecule has 0 saturated carbocycles. The molecule has 0 bridgehead atoms. The molecule has 2 rings (SSSR count). The zero-order valence-electron chi connectivity index (χ0n) is 11.8. The summed E-state index contributed by atoms with van der Waals surface area (Å²) in [6, 6.07) is 8.55. The van der Waals surface area contributed by atoms with Crippen molar-refractivity contribution >= 4 is 15.7 Å². The lowest BCUT2D eigenvalue weighted by atomic mass is 10.0. The van der Waals surface area contributed by atoms with Crippen molar-refractivity contribution in [3.8, 4) is 0 Å². The normalized spacial score (nSPS) is 19.9. The number of hydrogen-bond donors (Lipinski definition) is 0. The second-order valence-electron chi connectivity index (χ2n) is 5.31. The Labute approximate surface area is 120 Å². The third-order valence-electron chi connectivity index (χ3n) is 3.81. The number of benzene rings is 1. The first-order valence-corrected chi connectivity index (χ1v) is 8.73. The van der Waals surface area contributed by atoms with Crippen LogP contribution in [0.2, 0.25) is 0 Å². The predicted molar refractivity (Wildman–Crippen MR) is 78.1 cm³/mol. The number of rotatable bonds is 4. The molecule has 20 heavy (non-hydrogen) atoms. The standard InChI is InChI=1S/C15H21NO3S/c1-13-7-5-6-11-16(13)15(17)10-12-20(18,19)14-8-3-2-4-9-14/h2-4,8-9,13H,5-7,10-12H2,1H3. The maximum atomic E-state index is 12.1. The zero-order valence-corrected chi connectivity index (χ0v) is 12.6. The number of amides is 1. The summed E-state index contributed by atoms with van der Waals surface area (Å²) in [6.07, 6.45) is 3.24. The van der Waals surface area contributed by atoms with Crippen molar-refractivity contribution in [3.63, 3.8) is 0 Å². The highest BCUT2D eigenvalue weighted by molar-refractivity contribution is 7.91. The van der Waals surface area contributed by atoms with E-state index in [-0.39, 0.29) is 24.1 Å². The van der Waals surface area contributed by atoms with Crippen LogP contribution in [0.1, 0.15) is 32.6 Å². The van der Waals surface area contributed by atoms with E-state index in [1.165, 1.54) is 0 Å². The van der Waals surface area contributed by atoms with Crippen LogP contribution in [-0.2, 0) is 14.6 Å². The van der Waals surface area contributed by atoms with E-state index < -0.39 is 9.84 Å². The number of piperidine rings is 1. The second-order valence-corrected chi connectivity index (χ2v) is 7.42. The lowest BCUT2D eigenvalue weighted by Crippen LogP contribution is -2.42. The fourth-order valence-electron chi connectivity index (χ4n) is 2.58. The highest BCUT2D eigenvalue weighted by Crippen LogP contribution is 2.18. The monoisotopic (exact) mass is 295 g/mol. The van der Waals surface area contributed by atoms with Crippen LogP contribution in [0.15, 0.2) is 35.2 Å². The van der Waals surface area contributed by atoms with E-state index in [1.54, 1.807) is 30.3 Å². The molecular weight excluding hydrogens is 274 g/mol. The molecule has 0 radical (unpaired) electrons. The topological polar surface area (TPSA) is 54.5 Å². The number of sulfone groups is 1. The third kappa shape index (κ3) is 3.60. The van der Waals surface area contributed by atoms with Crippen molar-refractivity contribution < 1.29 is 13.2 Å². The van der Waals surface area contributed by atoms with Crippen LogP contribution in [0.5, 0.6) is 0 Å². The van der Waals surface area contributed by atoms with Crippen molar-refractivity contribution in [2.75, 3.05) is 12.3 Å². The SMILES string of the molecule is CC1CCCCN1C(=O)CCS(=O)(=O)c1ccccc1. The van der Waals surface area contributed by atoms with Gasteiger partial charge in [0.25, 0.3) is 0 Å². The fraction of sp³-hybridized carbons (Fsp3) is 0.533. The minimum Gasteiger partial charge on any atom is -0.340 e. The molecule has 110 valence electrons. The highest BCUT2D eigenvalue weighted by atomic mass is 32.2. The average Bonchev–Trinajstić information content (AvgIpc) is 2.46. The zero-order chi connectivity index (χ0) is 14.6. The quantitative estimate of drug-likeness (QED) is 0.856. The molecule has 1 aliphatic rings. The minimum absolute atomic E-state index is 0.0447. The molecule has 1 heterocycles. The minimum atomic E-state index is -3.36. The molecule has 1 unspecified atom stereocenters. The molecule has 0 N–H and O–H groups in total. The van der Waals surface area contributed by atoms with Gasteiger partial charge in [0.05, 0.1) is 10.6 Å². The van der Waals surface area contributed by atoms with Crippen LogP contribution in [0.3, 0.4) is 0 Å². The van der Waals surface area contributed by atoms with Gasteiger partial charge in [0.1, 0.15) is 0 Å². The lowest BCUT2D eigenvalue weighted by Gasteiger charge is -2.33. The molecule has 1 saturated heterocycles. The molecule has 1 fully saturated rings. The largest absolute Gasteiger partial charge is 0.340 e. The van der Waals surface area contributed by atoms with Crippen LogP contribution in [-0.4, -0.2) is 37.6 Å². The van der Waals surface area contributed by atoms with Crippen LogP contribution < -0.4 is 0 Å². The number of carbonyl (C=O) groups is 1. The van der Waals surface area contributed by atoms with Crippen molar-refractivity contribution in [1.82, 2.24) is 4.90 Å². The Morgan fingerprint density at radius 3 is 2.60 bits per heavy atom. The van der Waals surface area contributed by atoms with Gasteiger partial charge in [-0.15, -0.1) is 0 Å². The van der Waals surface area contributed by atoms with Gasteiger partial charge in [-0.05, 0) is 38.3 Å². The van der Waals surface area contributed by atoms with Gasteiger partial charge in [0.15, 0.2) is 9.84 Å². The molecule has 5 heteroatoms. The number of carbonyl (C=O) groups excluding carboxylic acids is 1. The number of likely N-dealkylation sites (tertiary alicyclic amines) is 1. The summed E-state index contributed by atoms with van der Waals surface area (Å²) >= 11 is 0. The van der Waals surface area contributed by atoms with Crippen LogP contribution in [0.25, 0.3) is 0 Å². The van der Waals surface area contributed by atoms with E-state index in [9.17, 15) is 13.2 Å². The Morgan fingerprint density at radius 2 is 1.95 bits per heavy atom. The summed E-state index contributed by atoms with van der Waals surface area (Å²) in [5.41, 5.74) is 0. The Bertz CT molecular complexity index is 554. The Balaban J connectivity index is 1.96. The fourth-order valence-corrected chi connectivity index (χ4v) is 3.83. The Kier molecular flexibility index (Phi) is 4.81. The summed E-state index contributed by atoms with van der Waals surface area (Å²) < 4.78 is 24.3. The van der Waals surface area contributed by atoms with Gasteiger partial charge in [-0.3, -0.25) is 4.79 Å². The summed E-state index contributed by atoms with van der Waals surface area (Å²) in [6.45, 7) is 2.79. The van der Waals surface area contributed by atoms with Crippen LogP contribution >= 0.6 is 0 Å². The third-order valence-corrected chi connectivity index (χ3v) is 5.54. The van der Waals surface area contributed by atoms with Crippen molar-refractivity contribution in [1.29, 1.82) is 0 Å². The van der Waals surface area contributed by atoms with Gasteiger partial charge in [-0.25, -0.2) is 8.42 Å². The van der Waals surface area contributed by atoms with Gasteiger partial charge in [0, 0.05) is 19.0 Å². The second kappa shape index (κ2) is 6.39. The molecular formula is C15H21NO3S. The van der Waals surface area contributed by atoms with Crippen molar-refractivity contribution in [3.05, 3.63) is 30.3 Å². The van der Waals surface area contributed by atoms with Crippen LogP contribution in [0.4, 0.5) is 0 Å². The first kappa shape index (κ1) is 15.0. The molecule has 1 aromatic rings. The van der Waals surface area contributed by atoms with Crippen molar-refractivity contribution in [2.24, 2.45) is 0 Å². The maximum Gasteiger partial charge on any atom is 0.223 e. The smallest absolute Gasteiger partial charge is 0.223 e. The van der Waals surface area contributed by atoms with E-state index in [2.05, 4.69) is 0 Å². The summed E-state index contributed by atoms with van der Waals surface area (Å²) in [5.74, 6) is -0.157. The van der Waals surface area contributed by atoms with E-state index in [1.807, 2.05) is 11.8 Å². The molecule has 1 aromatic carbocycles. The first-order valence-electron chi connectivity index (χ1n) is 7.08. The molecule has 1 atom stereocenters. The molecule has 0 aliphatic carbocycles. The Hall–Kier alpha value is -1.36. The van der Waals surface area contributed by atoms with Gasteiger partial charge >= 0.3 is 0 Å². The summed E-state index contributed by atoms with van der Waals surface area (Å²) in [4.78, 5) is 14.3. The molecule has 0 aromatic heterocycles. The summed E-state index contributed by atoms with van der Waals surface area (Å²) in [7, 11) is -3.36. The molecule has 0 spiro atoms. The molecule has 4 nitrogen and oxygen atoms in total. The van der Waals surface area contributed by atoms with E-state index in [0.717, 1.165) is 25.8 Å². The molecule has 1 aliphatic heterocycles. The summed E-state index contributed by atoms with van der Waals surface area (Å²) in [5, 5.41) is 0. The first-order chi connectivity index (χ1) is 9.50. The van der Waals surface area contributed by atoms with Gasteiger partial charge in [-0.2, -0.15) is 0 Å². The van der Waals surface area contributed by atoms with Gasteiger partial charge in [0.2, 0.25) is 5.91 Å². The van der Waals surface area contributed by atoms with E-state index in [0.29, 0.717) is 4.90 Å². The van der Waals surface area contributed by atoms with Crippen LogP contribution in [0, 0.1) is 0 Å². The highest BCUT2D eigenvalue weighted by Gasteiger charge is 2.24.